The summed E-state index contributed by atoms with van der Waals surface area (Å²) in [7, 11) is 0. The van der Waals surface area contributed by atoms with Gasteiger partial charge in [-0.2, -0.15) is 0 Å². The van der Waals surface area contributed by atoms with Gasteiger partial charge in [0.25, 0.3) is 0 Å². The molecule has 0 spiro atoms. The van der Waals surface area contributed by atoms with Crippen LogP contribution >= 0.6 is 0 Å². The van der Waals surface area contributed by atoms with Crippen molar-refractivity contribution in [3.63, 3.8) is 0 Å². The molecular formula is C12H20. The lowest BCUT2D eigenvalue weighted by atomic mass is 9.95. The Bertz CT molecular complexity index is 209. The van der Waals surface area contributed by atoms with Crippen LogP contribution in [-0.4, -0.2) is 0 Å². The van der Waals surface area contributed by atoms with Gasteiger partial charge in [0.05, 0.1) is 0 Å². The SMILES string of the molecule is C=C(C)/C=C(C)/C=C/C(C)(C)C. The molecule has 68 valence electrons. The van der Waals surface area contributed by atoms with Crippen molar-refractivity contribution in [2.45, 2.75) is 34.6 Å². The largest absolute Gasteiger partial charge is 0.0961 e. The van der Waals surface area contributed by atoms with Crippen molar-refractivity contribution in [3.8, 4) is 0 Å². The van der Waals surface area contributed by atoms with Crippen LogP contribution in [0.2, 0.25) is 0 Å². The predicted octanol–water partition coefficient (Wildman–Crippen LogP) is 4.11. The fourth-order valence-corrected chi connectivity index (χ4v) is 0.818. The van der Waals surface area contributed by atoms with Crippen LogP contribution in [0.25, 0.3) is 0 Å². The van der Waals surface area contributed by atoms with Gasteiger partial charge in [0, 0.05) is 0 Å². The third-order valence-corrected chi connectivity index (χ3v) is 1.32. The normalized spacial score (nSPS) is 13.9. The van der Waals surface area contributed by atoms with Crippen LogP contribution < -0.4 is 0 Å². The molecular weight excluding hydrogens is 144 g/mol. The Morgan fingerprint density at radius 3 is 2.00 bits per heavy atom. The van der Waals surface area contributed by atoms with Gasteiger partial charge in [-0.3, -0.25) is 0 Å². The lowest BCUT2D eigenvalue weighted by Crippen LogP contribution is -1.98. The van der Waals surface area contributed by atoms with Gasteiger partial charge in [-0.05, 0) is 19.3 Å². The third-order valence-electron chi connectivity index (χ3n) is 1.32. The molecule has 0 fully saturated rings. The molecule has 0 unspecified atom stereocenters. The summed E-state index contributed by atoms with van der Waals surface area (Å²) in [5.74, 6) is 0. The van der Waals surface area contributed by atoms with Gasteiger partial charge in [0.1, 0.15) is 0 Å². The first-order valence-corrected chi connectivity index (χ1v) is 4.34. The Balaban J connectivity index is 4.27. The fraction of sp³-hybridized carbons (Fsp3) is 0.500. The number of allylic oxidation sites excluding steroid dienone is 5. The highest BCUT2D eigenvalue weighted by Crippen LogP contribution is 2.16. The Labute approximate surface area is 76.7 Å². The van der Waals surface area contributed by atoms with Crippen molar-refractivity contribution in [2.24, 2.45) is 5.41 Å². The maximum absolute atomic E-state index is 3.83. The Morgan fingerprint density at radius 1 is 1.17 bits per heavy atom. The summed E-state index contributed by atoms with van der Waals surface area (Å²) < 4.78 is 0. The van der Waals surface area contributed by atoms with Crippen LogP contribution in [0, 0.1) is 5.41 Å². The number of hydrogen-bond donors (Lipinski definition) is 0. The molecule has 0 aliphatic carbocycles. The summed E-state index contributed by atoms with van der Waals surface area (Å²) in [5, 5.41) is 0. The molecule has 0 aliphatic heterocycles. The first-order chi connectivity index (χ1) is 5.31. The van der Waals surface area contributed by atoms with Crippen LogP contribution in [-0.2, 0) is 0 Å². The lowest BCUT2D eigenvalue weighted by Gasteiger charge is -2.10. The molecule has 0 saturated heterocycles. The zero-order valence-corrected chi connectivity index (χ0v) is 8.94. The molecule has 0 atom stereocenters. The van der Waals surface area contributed by atoms with Crippen molar-refractivity contribution >= 4 is 0 Å². The minimum atomic E-state index is 0.268. The van der Waals surface area contributed by atoms with Crippen LogP contribution in [0.4, 0.5) is 0 Å². The van der Waals surface area contributed by atoms with E-state index >= 15 is 0 Å². The quantitative estimate of drug-likeness (QED) is 0.539. The van der Waals surface area contributed by atoms with Gasteiger partial charge in [-0.1, -0.05) is 56.7 Å². The Kier molecular flexibility index (Phi) is 4.02. The highest BCUT2D eigenvalue weighted by atomic mass is 14.1. The molecule has 0 heteroatoms. The summed E-state index contributed by atoms with van der Waals surface area (Å²) in [5.41, 5.74) is 2.63. The smallest absolute Gasteiger partial charge is 0.0200 e. The molecule has 12 heavy (non-hydrogen) atoms. The van der Waals surface area contributed by atoms with E-state index in [4.69, 9.17) is 0 Å². The first kappa shape index (κ1) is 11.2. The van der Waals surface area contributed by atoms with Crippen LogP contribution in [0.15, 0.2) is 36.0 Å². The van der Waals surface area contributed by atoms with E-state index in [1.54, 1.807) is 0 Å². The molecule has 0 heterocycles. The van der Waals surface area contributed by atoms with Crippen molar-refractivity contribution in [2.75, 3.05) is 0 Å². The fourth-order valence-electron chi connectivity index (χ4n) is 0.818. The summed E-state index contributed by atoms with van der Waals surface area (Å²) in [6.45, 7) is 14.5. The maximum atomic E-state index is 3.83. The highest BCUT2D eigenvalue weighted by molar-refractivity contribution is 5.26. The second-order valence-corrected chi connectivity index (χ2v) is 4.43. The van der Waals surface area contributed by atoms with E-state index in [1.807, 2.05) is 6.92 Å². The standard InChI is InChI=1S/C12H20/c1-10(2)9-11(3)7-8-12(4,5)6/h7-9H,1H2,2-6H3/b8-7+,11-9+. The molecule has 0 aromatic heterocycles. The molecule has 0 saturated carbocycles. The highest BCUT2D eigenvalue weighted by Gasteiger charge is 2.02. The molecule has 0 radical (unpaired) electrons. The van der Waals surface area contributed by atoms with E-state index in [0.29, 0.717) is 0 Å². The van der Waals surface area contributed by atoms with Crippen molar-refractivity contribution in [1.29, 1.82) is 0 Å². The minimum absolute atomic E-state index is 0.268. The zero-order valence-electron chi connectivity index (χ0n) is 8.94. The second-order valence-electron chi connectivity index (χ2n) is 4.43. The molecule has 0 aromatic carbocycles. The van der Waals surface area contributed by atoms with Crippen molar-refractivity contribution in [1.82, 2.24) is 0 Å². The number of hydrogen-bond acceptors (Lipinski definition) is 0. The molecule has 0 bridgehead atoms. The van der Waals surface area contributed by atoms with Crippen LogP contribution in [0.1, 0.15) is 34.6 Å². The first-order valence-electron chi connectivity index (χ1n) is 4.34. The second kappa shape index (κ2) is 4.30. The third kappa shape index (κ3) is 7.33. The van der Waals surface area contributed by atoms with Crippen molar-refractivity contribution < 1.29 is 0 Å². The monoisotopic (exact) mass is 164 g/mol. The molecule has 0 nitrogen and oxygen atoms in total. The van der Waals surface area contributed by atoms with Gasteiger partial charge in [-0.25, -0.2) is 0 Å². The molecule has 0 aliphatic rings. The van der Waals surface area contributed by atoms with E-state index in [9.17, 15) is 0 Å². The number of rotatable bonds is 2. The van der Waals surface area contributed by atoms with E-state index in [2.05, 4.69) is 52.5 Å². The Morgan fingerprint density at radius 2 is 1.67 bits per heavy atom. The Hall–Kier alpha value is -0.780. The average molecular weight is 164 g/mol. The van der Waals surface area contributed by atoms with E-state index in [1.165, 1.54) is 5.57 Å². The molecule has 0 aromatic rings. The molecule has 0 N–H and O–H groups in total. The van der Waals surface area contributed by atoms with E-state index in [0.717, 1.165) is 5.57 Å². The van der Waals surface area contributed by atoms with Crippen molar-refractivity contribution in [3.05, 3.63) is 36.0 Å². The van der Waals surface area contributed by atoms with Gasteiger partial charge in [-0.15, -0.1) is 0 Å². The molecule has 0 amide bonds. The summed E-state index contributed by atoms with van der Waals surface area (Å²) >= 11 is 0. The van der Waals surface area contributed by atoms with Gasteiger partial charge < -0.3 is 0 Å². The maximum Gasteiger partial charge on any atom is -0.0200 e. The van der Waals surface area contributed by atoms with Crippen LogP contribution in [0.3, 0.4) is 0 Å². The summed E-state index contributed by atoms with van der Waals surface area (Å²) in [6, 6.07) is 0. The van der Waals surface area contributed by atoms with E-state index in [-0.39, 0.29) is 5.41 Å². The van der Waals surface area contributed by atoms with Gasteiger partial charge in [0.2, 0.25) is 0 Å². The summed E-state index contributed by atoms with van der Waals surface area (Å²) in [4.78, 5) is 0. The predicted molar refractivity (Wildman–Crippen MR) is 57.2 cm³/mol. The summed E-state index contributed by atoms with van der Waals surface area (Å²) in [6.07, 6.45) is 6.44. The van der Waals surface area contributed by atoms with E-state index < -0.39 is 0 Å². The van der Waals surface area contributed by atoms with Gasteiger partial charge >= 0.3 is 0 Å². The van der Waals surface area contributed by atoms with Crippen LogP contribution in [0.5, 0.6) is 0 Å². The topological polar surface area (TPSA) is 0 Å². The molecule has 0 rings (SSSR count). The average Bonchev–Trinajstić information content (AvgIpc) is 1.80. The minimum Gasteiger partial charge on any atom is -0.0961 e. The zero-order chi connectivity index (χ0) is 9.78. The lowest BCUT2D eigenvalue weighted by molar-refractivity contribution is 0.544. The van der Waals surface area contributed by atoms with Gasteiger partial charge in [0.15, 0.2) is 0 Å².